The average Bonchev–Trinajstić information content (AvgIpc) is 1.88. The second-order valence-corrected chi connectivity index (χ2v) is 2.31. The van der Waals surface area contributed by atoms with Gasteiger partial charge in [0.25, 0.3) is 0 Å². The molecule has 0 aliphatic heterocycles. The van der Waals surface area contributed by atoms with Crippen LogP contribution in [0.5, 0.6) is 0 Å². The molecule has 0 aliphatic carbocycles. The van der Waals surface area contributed by atoms with Gasteiger partial charge in [-0.15, -0.1) is 6.58 Å². The van der Waals surface area contributed by atoms with Gasteiger partial charge < -0.3 is 0 Å². The SMILES string of the molecule is C=CCC/C=C(\C)C(C)=O. The zero-order valence-corrected chi connectivity index (χ0v) is 6.68. The summed E-state index contributed by atoms with van der Waals surface area (Å²) in [4.78, 5) is 10.6. The van der Waals surface area contributed by atoms with Crippen molar-refractivity contribution in [2.45, 2.75) is 26.7 Å². The zero-order chi connectivity index (χ0) is 7.98. The number of unbranched alkanes of at least 4 members (excludes halogenated alkanes) is 1. The maximum Gasteiger partial charge on any atom is 0.155 e. The van der Waals surface area contributed by atoms with Gasteiger partial charge in [-0.2, -0.15) is 0 Å². The van der Waals surface area contributed by atoms with Crippen LogP contribution < -0.4 is 0 Å². The van der Waals surface area contributed by atoms with Gasteiger partial charge in [0.15, 0.2) is 5.78 Å². The summed E-state index contributed by atoms with van der Waals surface area (Å²) in [7, 11) is 0. The minimum absolute atomic E-state index is 0.157. The summed E-state index contributed by atoms with van der Waals surface area (Å²) in [5.74, 6) is 0.157. The number of Topliss-reactive ketones (excluding diaryl/α,β-unsaturated/α-hetero) is 1. The molecule has 0 aromatic carbocycles. The smallest absolute Gasteiger partial charge is 0.155 e. The lowest BCUT2D eigenvalue weighted by molar-refractivity contribution is -0.113. The third kappa shape index (κ3) is 4.07. The van der Waals surface area contributed by atoms with E-state index in [1.807, 2.05) is 19.1 Å². The second kappa shape index (κ2) is 4.98. The number of rotatable bonds is 4. The molecule has 0 spiro atoms. The highest BCUT2D eigenvalue weighted by Crippen LogP contribution is 1.99. The van der Waals surface area contributed by atoms with E-state index in [1.54, 1.807) is 6.92 Å². The van der Waals surface area contributed by atoms with E-state index in [0.29, 0.717) is 0 Å². The summed E-state index contributed by atoms with van der Waals surface area (Å²) >= 11 is 0. The third-order valence-electron chi connectivity index (χ3n) is 1.38. The minimum Gasteiger partial charge on any atom is -0.295 e. The summed E-state index contributed by atoms with van der Waals surface area (Å²) in [6.45, 7) is 7.01. The minimum atomic E-state index is 0.157. The molecule has 0 saturated carbocycles. The van der Waals surface area contributed by atoms with Gasteiger partial charge in [0, 0.05) is 0 Å². The summed E-state index contributed by atoms with van der Waals surface area (Å²) in [6, 6.07) is 0. The summed E-state index contributed by atoms with van der Waals surface area (Å²) in [6.07, 6.45) is 5.67. The molecular formula is C9H14O. The van der Waals surface area contributed by atoms with Crippen molar-refractivity contribution in [2.75, 3.05) is 0 Å². The van der Waals surface area contributed by atoms with Crippen LogP contribution in [0.1, 0.15) is 26.7 Å². The maximum atomic E-state index is 10.6. The van der Waals surface area contributed by atoms with E-state index in [1.165, 1.54) is 0 Å². The first-order valence-electron chi connectivity index (χ1n) is 3.47. The summed E-state index contributed by atoms with van der Waals surface area (Å²) in [5.41, 5.74) is 0.849. The lowest BCUT2D eigenvalue weighted by Gasteiger charge is -1.91. The van der Waals surface area contributed by atoms with Crippen molar-refractivity contribution in [3.05, 3.63) is 24.3 Å². The van der Waals surface area contributed by atoms with Gasteiger partial charge >= 0.3 is 0 Å². The van der Waals surface area contributed by atoms with Crippen LogP contribution in [0.25, 0.3) is 0 Å². The molecule has 0 saturated heterocycles. The molecule has 0 rings (SSSR count). The molecule has 0 N–H and O–H groups in total. The van der Waals surface area contributed by atoms with Crippen LogP contribution in [-0.4, -0.2) is 5.78 Å². The molecule has 0 atom stereocenters. The predicted molar refractivity (Wildman–Crippen MR) is 43.9 cm³/mol. The van der Waals surface area contributed by atoms with E-state index in [2.05, 4.69) is 6.58 Å². The Labute approximate surface area is 62.4 Å². The standard InChI is InChI=1S/C9H14O/c1-4-5-6-7-8(2)9(3)10/h4,7H,1,5-6H2,2-3H3/b8-7+. The normalized spacial score (nSPS) is 11.2. The van der Waals surface area contributed by atoms with E-state index in [9.17, 15) is 4.79 Å². The summed E-state index contributed by atoms with van der Waals surface area (Å²) < 4.78 is 0. The van der Waals surface area contributed by atoms with E-state index < -0.39 is 0 Å². The maximum absolute atomic E-state index is 10.6. The van der Waals surface area contributed by atoms with Gasteiger partial charge in [-0.05, 0) is 32.3 Å². The second-order valence-electron chi connectivity index (χ2n) is 2.31. The molecule has 10 heavy (non-hydrogen) atoms. The third-order valence-corrected chi connectivity index (χ3v) is 1.38. The monoisotopic (exact) mass is 138 g/mol. The molecule has 0 aromatic heterocycles. The summed E-state index contributed by atoms with van der Waals surface area (Å²) in [5, 5.41) is 0. The van der Waals surface area contributed by atoms with Crippen LogP contribution >= 0.6 is 0 Å². The topological polar surface area (TPSA) is 17.1 Å². The van der Waals surface area contributed by atoms with Gasteiger partial charge in [-0.25, -0.2) is 0 Å². The van der Waals surface area contributed by atoms with Gasteiger partial charge in [0.1, 0.15) is 0 Å². The molecule has 0 bridgehead atoms. The Hall–Kier alpha value is -0.850. The van der Waals surface area contributed by atoms with Gasteiger partial charge in [0.05, 0.1) is 0 Å². The molecule has 1 heteroatoms. The Morgan fingerprint density at radius 1 is 1.40 bits per heavy atom. The average molecular weight is 138 g/mol. The fourth-order valence-electron chi connectivity index (χ4n) is 0.561. The van der Waals surface area contributed by atoms with Crippen molar-refractivity contribution >= 4 is 5.78 Å². The molecular weight excluding hydrogens is 124 g/mol. The Kier molecular flexibility index (Phi) is 4.55. The largest absolute Gasteiger partial charge is 0.295 e. The first-order chi connectivity index (χ1) is 4.68. The Bertz CT molecular complexity index is 154. The van der Waals surface area contributed by atoms with Crippen LogP contribution in [0.15, 0.2) is 24.3 Å². The van der Waals surface area contributed by atoms with Gasteiger partial charge in [-0.1, -0.05) is 12.2 Å². The van der Waals surface area contributed by atoms with Crippen molar-refractivity contribution in [2.24, 2.45) is 0 Å². The number of ketones is 1. The van der Waals surface area contributed by atoms with Crippen molar-refractivity contribution in [1.82, 2.24) is 0 Å². The number of allylic oxidation sites excluding steroid dienone is 3. The number of carbonyl (C=O) groups excluding carboxylic acids is 1. The molecule has 0 aromatic rings. The highest BCUT2D eigenvalue weighted by atomic mass is 16.1. The molecule has 0 heterocycles. The lowest BCUT2D eigenvalue weighted by Crippen LogP contribution is -1.90. The van der Waals surface area contributed by atoms with Gasteiger partial charge in [-0.3, -0.25) is 4.79 Å². The number of carbonyl (C=O) groups is 1. The van der Waals surface area contributed by atoms with Crippen LogP contribution in [0.4, 0.5) is 0 Å². The molecule has 1 nitrogen and oxygen atoms in total. The van der Waals surface area contributed by atoms with E-state index in [4.69, 9.17) is 0 Å². The van der Waals surface area contributed by atoms with Crippen LogP contribution in [0.2, 0.25) is 0 Å². The van der Waals surface area contributed by atoms with Gasteiger partial charge in [0.2, 0.25) is 0 Å². The number of hydrogen-bond acceptors (Lipinski definition) is 1. The fraction of sp³-hybridized carbons (Fsp3) is 0.444. The van der Waals surface area contributed by atoms with E-state index >= 15 is 0 Å². The Balaban J connectivity index is 3.68. The van der Waals surface area contributed by atoms with Crippen molar-refractivity contribution < 1.29 is 4.79 Å². The highest BCUT2D eigenvalue weighted by Gasteiger charge is 1.92. The highest BCUT2D eigenvalue weighted by molar-refractivity contribution is 5.92. The van der Waals surface area contributed by atoms with Crippen molar-refractivity contribution in [1.29, 1.82) is 0 Å². The van der Waals surface area contributed by atoms with E-state index in [-0.39, 0.29) is 5.78 Å². The first kappa shape index (κ1) is 9.15. The zero-order valence-electron chi connectivity index (χ0n) is 6.68. The molecule has 0 aliphatic rings. The van der Waals surface area contributed by atoms with Crippen LogP contribution in [0, 0.1) is 0 Å². The Morgan fingerprint density at radius 2 is 2.00 bits per heavy atom. The predicted octanol–water partition coefficient (Wildman–Crippen LogP) is 2.49. The van der Waals surface area contributed by atoms with Crippen LogP contribution in [-0.2, 0) is 4.79 Å². The molecule has 0 unspecified atom stereocenters. The molecule has 0 radical (unpaired) electrons. The lowest BCUT2D eigenvalue weighted by atomic mass is 10.1. The van der Waals surface area contributed by atoms with Crippen LogP contribution in [0.3, 0.4) is 0 Å². The molecule has 0 fully saturated rings. The fourth-order valence-corrected chi connectivity index (χ4v) is 0.561. The van der Waals surface area contributed by atoms with E-state index in [0.717, 1.165) is 18.4 Å². The number of hydrogen-bond donors (Lipinski definition) is 0. The molecule has 0 amide bonds. The Morgan fingerprint density at radius 3 is 2.40 bits per heavy atom. The quantitative estimate of drug-likeness (QED) is 0.331. The first-order valence-corrected chi connectivity index (χ1v) is 3.47. The molecule has 56 valence electrons. The van der Waals surface area contributed by atoms with Crippen molar-refractivity contribution in [3.8, 4) is 0 Å². The van der Waals surface area contributed by atoms with Crippen molar-refractivity contribution in [3.63, 3.8) is 0 Å².